The quantitative estimate of drug-likeness (QED) is 0.258. The van der Waals surface area contributed by atoms with E-state index >= 15 is 0 Å². The Morgan fingerprint density at radius 3 is 2.41 bits per heavy atom. The lowest BCUT2D eigenvalue weighted by molar-refractivity contribution is 0.0487. The lowest BCUT2D eigenvalue weighted by Crippen LogP contribution is -2.43. The molecule has 0 bridgehead atoms. The molecule has 0 aliphatic heterocycles. The molecule has 1 atom stereocenters. The highest BCUT2D eigenvalue weighted by Crippen LogP contribution is 2.32. The first-order valence-electron chi connectivity index (χ1n) is 11.7. The van der Waals surface area contributed by atoms with E-state index in [0.717, 1.165) is 16.5 Å². The lowest BCUT2D eigenvalue weighted by atomic mass is 10.1. The Kier molecular flexibility index (Phi) is 8.96. The number of anilines is 1. The van der Waals surface area contributed by atoms with Crippen molar-refractivity contribution in [2.75, 3.05) is 11.9 Å². The molecule has 2 amide bonds. The SMILES string of the molecule is CC(C)(C)OC(=O)Nc1nc(Cl)c(Br)cc1OC[C@H](Cc1c[nH]c2ccccc12)NC(=O)OC(C)(C)C. The number of hydrogen-bond acceptors (Lipinski definition) is 6. The molecule has 0 aliphatic carbocycles. The Balaban J connectivity index is 1.83. The highest BCUT2D eigenvalue weighted by molar-refractivity contribution is 9.10. The van der Waals surface area contributed by atoms with E-state index in [2.05, 4.69) is 36.5 Å². The van der Waals surface area contributed by atoms with E-state index in [-0.39, 0.29) is 23.3 Å². The summed E-state index contributed by atoms with van der Waals surface area (Å²) in [5.74, 6) is 0.336. The first-order valence-corrected chi connectivity index (χ1v) is 12.9. The molecule has 3 N–H and O–H groups in total. The number of benzene rings is 1. The van der Waals surface area contributed by atoms with Crippen LogP contribution in [0.5, 0.6) is 5.75 Å². The van der Waals surface area contributed by atoms with Crippen molar-refractivity contribution in [2.45, 2.75) is 65.2 Å². The molecule has 200 valence electrons. The fraction of sp³-hybridized carbons (Fsp3) is 0.423. The summed E-state index contributed by atoms with van der Waals surface area (Å²) in [5, 5.41) is 6.66. The van der Waals surface area contributed by atoms with Crippen LogP contribution < -0.4 is 15.4 Å². The van der Waals surface area contributed by atoms with E-state index in [1.807, 2.05) is 30.5 Å². The van der Waals surface area contributed by atoms with Crippen LogP contribution in [-0.2, 0) is 15.9 Å². The van der Waals surface area contributed by atoms with Crippen LogP contribution in [0.1, 0.15) is 47.1 Å². The third-order valence-electron chi connectivity index (χ3n) is 4.82. The molecule has 0 unspecified atom stereocenters. The number of alkyl carbamates (subject to hydrolysis) is 1. The Bertz CT molecular complexity index is 1270. The summed E-state index contributed by atoms with van der Waals surface area (Å²) < 4.78 is 17.3. The Morgan fingerprint density at radius 2 is 1.73 bits per heavy atom. The first kappa shape index (κ1) is 28.6. The van der Waals surface area contributed by atoms with Gasteiger partial charge in [0.05, 0.1) is 10.5 Å². The second-order valence-electron chi connectivity index (χ2n) is 10.5. The minimum absolute atomic E-state index is 0.0531. The van der Waals surface area contributed by atoms with Crippen molar-refractivity contribution in [1.82, 2.24) is 15.3 Å². The smallest absolute Gasteiger partial charge is 0.413 e. The molecule has 9 nitrogen and oxygen atoms in total. The molecule has 0 fully saturated rings. The summed E-state index contributed by atoms with van der Waals surface area (Å²) in [5.41, 5.74) is 0.629. The van der Waals surface area contributed by atoms with Gasteiger partial charge in [-0.25, -0.2) is 14.6 Å². The monoisotopic (exact) mass is 594 g/mol. The first-order chi connectivity index (χ1) is 17.2. The predicted octanol–water partition coefficient (Wildman–Crippen LogP) is 6.84. The van der Waals surface area contributed by atoms with Crippen molar-refractivity contribution < 1.29 is 23.8 Å². The van der Waals surface area contributed by atoms with Gasteiger partial charge in [-0.15, -0.1) is 0 Å². The zero-order chi connectivity index (χ0) is 27.4. The van der Waals surface area contributed by atoms with E-state index < -0.39 is 29.4 Å². The highest BCUT2D eigenvalue weighted by atomic mass is 79.9. The summed E-state index contributed by atoms with van der Waals surface area (Å²) in [6, 6.07) is 9.02. The number of H-pyrrole nitrogens is 1. The van der Waals surface area contributed by atoms with E-state index in [1.54, 1.807) is 47.6 Å². The van der Waals surface area contributed by atoms with Crippen LogP contribution in [0, 0.1) is 0 Å². The van der Waals surface area contributed by atoms with Gasteiger partial charge in [-0.3, -0.25) is 5.32 Å². The van der Waals surface area contributed by atoms with Crippen LogP contribution in [0.3, 0.4) is 0 Å². The third-order valence-corrected chi connectivity index (χ3v) is 5.94. The largest absolute Gasteiger partial charge is 0.487 e. The summed E-state index contributed by atoms with van der Waals surface area (Å²) in [6.07, 6.45) is 1.10. The van der Waals surface area contributed by atoms with Crippen LogP contribution in [0.15, 0.2) is 41.0 Å². The van der Waals surface area contributed by atoms with E-state index in [1.165, 1.54) is 0 Å². The lowest BCUT2D eigenvalue weighted by Gasteiger charge is -2.24. The van der Waals surface area contributed by atoms with Crippen LogP contribution >= 0.6 is 27.5 Å². The normalized spacial score (nSPS) is 12.6. The molecule has 0 saturated carbocycles. The summed E-state index contributed by atoms with van der Waals surface area (Å²) in [4.78, 5) is 32.4. The number of para-hydroxylation sites is 1. The van der Waals surface area contributed by atoms with Gasteiger partial charge in [0.15, 0.2) is 11.6 Å². The second-order valence-corrected chi connectivity index (χ2v) is 11.7. The zero-order valence-electron chi connectivity index (χ0n) is 21.7. The molecule has 1 aromatic carbocycles. The van der Waals surface area contributed by atoms with Crippen LogP contribution in [0.4, 0.5) is 15.4 Å². The van der Waals surface area contributed by atoms with Crippen molar-refractivity contribution in [3.05, 3.63) is 51.7 Å². The maximum absolute atomic E-state index is 12.6. The molecule has 2 aromatic heterocycles. The fourth-order valence-electron chi connectivity index (χ4n) is 3.43. The average Bonchev–Trinajstić information content (AvgIpc) is 3.15. The Labute approximate surface area is 229 Å². The number of carbonyl (C=O) groups excluding carboxylic acids is 2. The maximum Gasteiger partial charge on any atom is 0.413 e. The average molecular weight is 596 g/mol. The van der Waals surface area contributed by atoms with Gasteiger partial charge in [0, 0.05) is 23.2 Å². The number of rotatable bonds is 7. The number of hydrogen-bond donors (Lipinski definition) is 3. The number of amides is 2. The number of pyridine rings is 1. The van der Waals surface area contributed by atoms with Crippen molar-refractivity contribution in [1.29, 1.82) is 0 Å². The number of fused-ring (bicyclic) bond motifs is 1. The Hall–Kier alpha value is -2.98. The summed E-state index contributed by atoms with van der Waals surface area (Å²) in [6.45, 7) is 10.7. The molecule has 3 aromatic rings. The van der Waals surface area contributed by atoms with E-state index in [0.29, 0.717) is 10.9 Å². The fourth-order valence-corrected chi connectivity index (χ4v) is 3.87. The van der Waals surface area contributed by atoms with Crippen molar-refractivity contribution in [3.63, 3.8) is 0 Å². The number of halogens is 2. The molecule has 0 radical (unpaired) electrons. The van der Waals surface area contributed by atoms with Gasteiger partial charge in [0.2, 0.25) is 0 Å². The van der Waals surface area contributed by atoms with Gasteiger partial charge in [-0.05, 0) is 75.5 Å². The van der Waals surface area contributed by atoms with Crippen molar-refractivity contribution in [2.24, 2.45) is 0 Å². The van der Waals surface area contributed by atoms with Crippen LogP contribution in [0.2, 0.25) is 5.15 Å². The van der Waals surface area contributed by atoms with Crippen molar-refractivity contribution in [3.8, 4) is 5.75 Å². The number of ether oxygens (including phenoxy) is 3. The minimum atomic E-state index is -0.703. The molecule has 11 heteroatoms. The van der Waals surface area contributed by atoms with Crippen LogP contribution in [-0.4, -0.2) is 46.0 Å². The molecule has 3 rings (SSSR count). The number of aromatic nitrogens is 2. The van der Waals surface area contributed by atoms with Gasteiger partial charge < -0.3 is 24.5 Å². The summed E-state index contributed by atoms with van der Waals surface area (Å²) >= 11 is 9.50. The predicted molar refractivity (Wildman–Crippen MR) is 147 cm³/mol. The number of carbonyl (C=O) groups is 2. The maximum atomic E-state index is 12.6. The topological polar surface area (TPSA) is 115 Å². The van der Waals surface area contributed by atoms with Gasteiger partial charge in [-0.2, -0.15) is 0 Å². The zero-order valence-corrected chi connectivity index (χ0v) is 24.0. The third kappa shape index (κ3) is 8.82. The van der Waals surface area contributed by atoms with E-state index in [4.69, 9.17) is 25.8 Å². The minimum Gasteiger partial charge on any atom is -0.487 e. The molecule has 37 heavy (non-hydrogen) atoms. The van der Waals surface area contributed by atoms with Gasteiger partial charge >= 0.3 is 12.2 Å². The molecule has 0 spiro atoms. The van der Waals surface area contributed by atoms with Gasteiger partial charge in [0.25, 0.3) is 0 Å². The highest BCUT2D eigenvalue weighted by Gasteiger charge is 2.23. The molecular weight excluding hydrogens is 564 g/mol. The van der Waals surface area contributed by atoms with Crippen molar-refractivity contribution >= 4 is 56.4 Å². The molecular formula is C26H32BrClN4O5. The summed E-state index contributed by atoms with van der Waals surface area (Å²) in [7, 11) is 0. The second kappa shape index (κ2) is 11.6. The molecule has 0 saturated heterocycles. The molecule has 0 aliphatic rings. The van der Waals surface area contributed by atoms with Crippen LogP contribution in [0.25, 0.3) is 10.9 Å². The Morgan fingerprint density at radius 1 is 1.08 bits per heavy atom. The molecule has 2 heterocycles. The standard InChI is InChI=1S/C26H32BrClN4O5/c1-25(2,3)36-23(33)30-16(11-15-13-29-19-10-8-7-9-17(15)19)14-35-20-12-18(27)21(28)31-22(20)32-24(34)37-26(4,5)6/h7-10,12-13,16,29H,11,14H2,1-6H3,(H,30,33)(H,31,32,34)/t16-/m0/s1. The van der Waals surface area contributed by atoms with Gasteiger partial charge in [-0.1, -0.05) is 29.8 Å². The van der Waals surface area contributed by atoms with Gasteiger partial charge in [0.1, 0.15) is 23.0 Å². The number of aromatic amines is 1. The number of nitrogens with one attached hydrogen (secondary N) is 3. The number of nitrogens with zero attached hydrogens (tertiary/aromatic N) is 1. The van der Waals surface area contributed by atoms with E-state index in [9.17, 15) is 9.59 Å².